The minimum Gasteiger partial charge on any atom is -0.337 e. The SMILES string of the molecule is CC(=O)N1CC[C@@H]2CC[C@H](CN(C(=O)CCS(=O)(=O)c3ccc(C)c(C)c3)Cc3ccccc31)N2Cc1ccccc1. The van der Waals surface area contributed by atoms with Gasteiger partial charge in [-0.3, -0.25) is 14.5 Å². The molecule has 0 radical (unpaired) electrons. The highest BCUT2D eigenvalue weighted by atomic mass is 32.2. The molecule has 0 unspecified atom stereocenters. The lowest BCUT2D eigenvalue weighted by Gasteiger charge is -2.34. The van der Waals surface area contributed by atoms with Crippen molar-refractivity contribution in [3.8, 4) is 0 Å². The van der Waals surface area contributed by atoms with Crippen LogP contribution >= 0.6 is 0 Å². The van der Waals surface area contributed by atoms with Crippen molar-refractivity contribution in [1.82, 2.24) is 9.80 Å². The molecule has 42 heavy (non-hydrogen) atoms. The summed E-state index contributed by atoms with van der Waals surface area (Å²) >= 11 is 0. The van der Waals surface area contributed by atoms with E-state index in [1.165, 1.54) is 5.56 Å². The Kier molecular flexibility index (Phi) is 9.13. The van der Waals surface area contributed by atoms with E-state index in [4.69, 9.17) is 0 Å². The van der Waals surface area contributed by atoms with E-state index < -0.39 is 9.84 Å². The zero-order valence-electron chi connectivity index (χ0n) is 24.8. The molecule has 7 nitrogen and oxygen atoms in total. The average Bonchev–Trinajstić information content (AvgIpc) is 3.33. The summed E-state index contributed by atoms with van der Waals surface area (Å²) in [5, 5.41) is 0. The number of benzene rings is 3. The molecule has 2 heterocycles. The molecule has 2 aliphatic rings. The fraction of sp³-hybridized carbons (Fsp3) is 0.412. The first kappa shape index (κ1) is 30.0. The van der Waals surface area contributed by atoms with Crippen molar-refractivity contribution in [3.63, 3.8) is 0 Å². The number of sulfone groups is 1. The second-order valence-corrected chi connectivity index (χ2v) is 13.8. The summed E-state index contributed by atoms with van der Waals surface area (Å²) in [5.41, 5.74) is 4.87. The second kappa shape index (κ2) is 12.8. The first-order valence-corrected chi connectivity index (χ1v) is 16.5. The molecule has 5 rings (SSSR count). The van der Waals surface area contributed by atoms with Crippen LogP contribution in [0, 0.1) is 13.8 Å². The van der Waals surface area contributed by atoms with E-state index in [1.807, 2.05) is 72.2 Å². The summed E-state index contributed by atoms with van der Waals surface area (Å²) in [6.45, 7) is 7.65. The first-order chi connectivity index (χ1) is 20.1. The van der Waals surface area contributed by atoms with Gasteiger partial charge in [-0.2, -0.15) is 0 Å². The van der Waals surface area contributed by atoms with Crippen LogP contribution in [0.2, 0.25) is 0 Å². The Morgan fingerprint density at radius 1 is 0.857 bits per heavy atom. The van der Waals surface area contributed by atoms with Crippen molar-refractivity contribution < 1.29 is 18.0 Å². The maximum atomic E-state index is 13.9. The summed E-state index contributed by atoms with van der Waals surface area (Å²) < 4.78 is 26.5. The van der Waals surface area contributed by atoms with Crippen LogP contribution < -0.4 is 4.90 Å². The summed E-state index contributed by atoms with van der Waals surface area (Å²) in [7, 11) is -3.62. The number of anilines is 1. The Labute approximate surface area is 250 Å². The van der Waals surface area contributed by atoms with Crippen molar-refractivity contribution in [1.29, 1.82) is 0 Å². The van der Waals surface area contributed by atoms with E-state index in [1.54, 1.807) is 19.1 Å². The van der Waals surface area contributed by atoms with Crippen LogP contribution in [0.4, 0.5) is 5.69 Å². The van der Waals surface area contributed by atoms with Gasteiger partial charge in [0.15, 0.2) is 9.84 Å². The van der Waals surface area contributed by atoms with Gasteiger partial charge in [0.25, 0.3) is 0 Å². The summed E-state index contributed by atoms with van der Waals surface area (Å²) in [4.78, 5) is 33.1. The van der Waals surface area contributed by atoms with E-state index >= 15 is 0 Å². The van der Waals surface area contributed by atoms with Crippen molar-refractivity contribution in [2.45, 2.75) is 76.5 Å². The van der Waals surface area contributed by atoms with Crippen LogP contribution in [0.15, 0.2) is 77.7 Å². The molecule has 1 fully saturated rings. The largest absolute Gasteiger partial charge is 0.337 e. The number of rotatable bonds is 6. The summed E-state index contributed by atoms with van der Waals surface area (Å²) in [6, 6.07) is 23.7. The normalized spacial score (nSPS) is 19.7. The van der Waals surface area contributed by atoms with E-state index in [-0.39, 0.29) is 41.0 Å². The third-order valence-electron chi connectivity index (χ3n) is 8.89. The van der Waals surface area contributed by atoms with Crippen LogP contribution in [0.25, 0.3) is 0 Å². The number of carbonyl (C=O) groups excluding carboxylic acids is 2. The van der Waals surface area contributed by atoms with Gasteiger partial charge in [0.1, 0.15) is 0 Å². The number of hydrogen-bond acceptors (Lipinski definition) is 5. The lowest BCUT2D eigenvalue weighted by Crippen LogP contribution is -2.45. The van der Waals surface area contributed by atoms with Crippen molar-refractivity contribution in [2.24, 2.45) is 0 Å². The minimum absolute atomic E-state index is 0.0248. The maximum Gasteiger partial charge on any atom is 0.223 e. The molecule has 1 saturated heterocycles. The average molecular weight is 588 g/mol. The lowest BCUT2D eigenvalue weighted by atomic mass is 10.1. The van der Waals surface area contributed by atoms with E-state index in [2.05, 4.69) is 17.0 Å². The monoisotopic (exact) mass is 587 g/mol. The van der Waals surface area contributed by atoms with Gasteiger partial charge in [-0.15, -0.1) is 0 Å². The highest BCUT2D eigenvalue weighted by Crippen LogP contribution is 2.33. The fourth-order valence-corrected chi connectivity index (χ4v) is 7.64. The van der Waals surface area contributed by atoms with Crippen molar-refractivity contribution in [2.75, 3.05) is 23.7 Å². The Morgan fingerprint density at radius 3 is 2.31 bits per heavy atom. The summed E-state index contributed by atoms with van der Waals surface area (Å²) in [6.07, 6.45) is 2.69. The van der Waals surface area contributed by atoms with Gasteiger partial charge < -0.3 is 9.80 Å². The van der Waals surface area contributed by atoms with Gasteiger partial charge in [-0.1, -0.05) is 54.6 Å². The van der Waals surface area contributed by atoms with Gasteiger partial charge in [0, 0.05) is 57.3 Å². The third kappa shape index (κ3) is 6.76. The van der Waals surface area contributed by atoms with Gasteiger partial charge in [0.2, 0.25) is 11.8 Å². The van der Waals surface area contributed by atoms with E-state index in [0.29, 0.717) is 19.6 Å². The number of aryl methyl sites for hydroxylation is 2. The molecule has 0 spiro atoms. The van der Waals surface area contributed by atoms with Crippen molar-refractivity contribution in [3.05, 3.63) is 95.1 Å². The molecule has 2 amide bonds. The predicted molar refractivity (Wildman–Crippen MR) is 166 cm³/mol. The number of carbonyl (C=O) groups is 2. The highest BCUT2D eigenvalue weighted by Gasteiger charge is 2.36. The standard InChI is InChI=1S/C34H41N3O4S/c1-25-13-16-32(21-26(25)2)42(40,41)20-18-34(39)35-23-29-11-7-8-12-33(29)36(27(3)38)19-17-30-14-15-31(24-35)37(30)22-28-9-5-4-6-10-28/h4-13,16,21,30-31H,14-15,17-20,22-24H2,1-3H3/t30-,31+/m0/s1. The molecule has 2 aliphatic heterocycles. The van der Waals surface area contributed by atoms with E-state index in [9.17, 15) is 18.0 Å². The number of para-hydroxylation sites is 1. The van der Waals surface area contributed by atoms with Crippen molar-refractivity contribution >= 4 is 27.3 Å². The molecular formula is C34H41N3O4S. The Hall–Kier alpha value is -3.49. The van der Waals surface area contributed by atoms with Crippen LogP contribution in [-0.2, 0) is 32.5 Å². The molecule has 2 bridgehead atoms. The number of amides is 2. The highest BCUT2D eigenvalue weighted by molar-refractivity contribution is 7.91. The van der Waals surface area contributed by atoms with Crippen LogP contribution in [0.5, 0.6) is 0 Å². The molecule has 0 N–H and O–H groups in total. The van der Waals surface area contributed by atoms with Crippen LogP contribution in [0.3, 0.4) is 0 Å². The third-order valence-corrected chi connectivity index (χ3v) is 10.6. The molecule has 222 valence electrons. The van der Waals surface area contributed by atoms with E-state index in [0.717, 1.165) is 48.2 Å². The number of nitrogens with zero attached hydrogens (tertiary/aromatic N) is 3. The number of fused-ring (bicyclic) bond motifs is 3. The molecule has 0 saturated carbocycles. The zero-order chi connectivity index (χ0) is 29.9. The van der Waals surface area contributed by atoms with Gasteiger partial charge in [-0.25, -0.2) is 8.42 Å². The minimum atomic E-state index is -3.62. The Bertz CT molecular complexity index is 1540. The lowest BCUT2D eigenvalue weighted by molar-refractivity contribution is -0.132. The molecule has 0 aliphatic carbocycles. The zero-order valence-corrected chi connectivity index (χ0v) is 25.6. The Balaban J connectivity index is 1.44. The fourth-order valence-electron chi connectivity index (χ4n) is 6.33. The first-order valence-electron chi connectivity index (χ1n) is 14.9. The predicted octanol–water partition coefficient (Wildman–Crippen LogP) is 5.29. The second-order valence-electron chi connectivity index (χ2n) is 11.7. The molecule has 2 atom stereocenters. The molecule has 8 heteroatoms. The van der Waals surface area contributed by atoms with Crippen LogP contribution in [-0.4, -0.2) is 61.0 Å². The topological polar surface area (TPSA) is 78.0 Å². The molecular weight excluding hydrogens is 546 g/mol. The quantitative estimate of drug-likeness (QED) is 0.392. The maximum absolute atomic E-state index is 13.9. The molecule has 0 aromatic heterocycles. The summed E-state index contributed by atoms with van der Waals surface area (Å²) in [5.74, 6) is -0.454. The number of hydrogen-bond donors (Lipinski definition) is 0. The van der Waals surface area contributed by atoms with Crippen LogP contribution in [0.1, 0.15) is 54.9 Å². The smallest absolute Gasteiger partial charge is 0.223 e. The molecule has 3 aromatic carbocycles. The van der Waals surface area contributed by atoms with Gasteiger partial charge in [-0.05, 0) is 73.6 Å². The molecule has 3 aromatic rings. The van der Waals surface area contributed by atoms with Gasteiger partial charge >= 0.3 is 0 Å². The Morgan fingerprint density at radius 2 is 1.57 bits per heavy atom. The van der Waals surface area contributed by atoms with Gasteiger partial charge in [0.05, 0.1) is 10.6 Å².